The van der Waals surface area contributed by atoms with Crippen LogP contribution in [0.3, 0.4) is 0 Å². The van der Waals surface area contributed by atoms with Gasteiger partial charge in [0.25, 0.3) is 5.91 Å². The number of anilines is 1. The van der Waals surface area contributed by atoms with E-state index in [4.69, 9.17) is 0 Å². The minimum Gasteiger partial charge on any atom is -0.296 e. The highest BCUT2D eigenvalue weighted by molar-refractivity contribution is 7.89. The Morgan fingerprint density at radius 3 is 2.50 bits per heavy atom. The molecule has 1 aromatic heterocycles. The molecular weight excluding hydrogens is 372 g/mol. The number of nitrogens with one attached hydrogen (secondary N) is 1. The summed E-state index contributed by atoms with van der Waals surface area (Å²) in [6.07, 6.45) is 1.76. The molecular formula is C17H24N4O3S2. The van der Waals surface area contributed by atoms with Gasteiger partial charge in [-0.1, -0.05) is 38.2 Å². The van der Waals surface area contributed by atoms with Crippen LogP contribution in [0.15, 0.2) is 23.1 Å². The number of aromatic nitrogens is 2. The molecule has 7 nitrogen and oxygen atoms in total. The van der Waals surface area contributed by atoms with E-state index in [0.717, 1.165) is 17.8 Å². The third-order valence-corrected chi connectivity index (χ3v) is 6.89. The lowest BCUT2D eigenvalue weighted by atomic mass is 10.1. The molecule has 26 heavy (non-hydrogen) atoms. The molecule has 0 unspecified atom stereocenters. The second kappa shape index (κ2) is 8.70. The average Bonchev–Trinajstić information content (AvgIpc) is 3.03. The second-order valence-electron chi connectivity index (χ2n) is 5.77. The molecule has 1 amide bonds. The largest absolute Gasteiger partial charge is 0.296 e. The number of carbonyl (C=O) groups is 1. The Balaban J connectivity index is 2.29. The van der Waals surface area contributed by atoms with Crippen molar-refractivity contribution < 1.29 is 13.2 Å². The number of rotatable bonds is 8. The van der Waals surface area contributed by atoms with Gasteiger partial charge in [-0.15, -0.1) is 10.2 Å². The molecule has 0 bridgehead atoms. The zero-order chi connectivity index (χ0) is 19.3. The molecule has 1 aromatic carbocycles. The zero-order valence-corrected chi connectivity index (χ0v) is 17.1. The fourth-order valence-corrected chi connectivity index (χ4v) is 4.82. The van der Waals surface area contributed by atoms with Crippen LogP contribution in [-0.4, -0.2) is 41.9 Å². The van der Waals surface area contributed by atoms with Gasteiger partial charge >= 0.3 is 0 Å². The summed E-state index contributed by atoms with van der Waals surface area (Å²) in [5.41, 5.74) is 1.00. The number of sulfonamides is 1. The Bertz CT molecular complexity index is 874. The highest BCUT2D eigenvalue weighted by atomic mass is 32.2. The Labute approximate surface area is 158 Å². The standard InChI is InChI=1S/C17H24N4O3S2/c1-5-8-15-19-20-17(25-15)18-16(22)14-11-13(10-9-12(14)4)26(23,24)21(6-2)7-3/h9-11H,5-8H2,1-4H3,(H,18,20,22). The van der Waals surface area contributed by atoms with Crippen molar-refractivity contribution in [2.75, 3.05) is 18.4 Å². The molecule has 0 saturated heterocycles. The van der Waals surface area contributed by atoms with Gasteiger partial charge in [-0.25, -0.2) is 8.42 Å². The predicted molar refractivity (Wildman–Crippen MR) is 103 cm³/mol. The van der Waals surface area contributed by atoms with Gasteiger partial charge in [0.15, 0.2) is 0 Å². The molecule has 0 saturated carbocycles. The summed E-state index contributed by atoms with van der Waals surface area (Å²) in [4.78, 5) is 12.7. The monoisotopic (exact) mass is 396 g/mol. The van der Waals surface area contributed by atoms with Crippen LogP contribution in [0.1, 0.15) is 48.1 Å². The molecule has 9 heteroatoms. The normalized spacial score (nSPS) is 11.7. The van der Waals surface area contributed by atoms with Crippen molar-refractivity contribution in [3.05, 3.63) is 34.3 Å². The van der Waals surface area contributed by atoms with Crippen LogP contribution >= 0.6 is 11.3 Å². The molecule has 142 valence electrons. The number of carbonyl (C=O) groups excluding carboxylic acids is 1. The highest BCUT2D eigenvalue weighted by Crippen LogP contribution is 2.22. The van der Waals surface area contributed by atoms with Gasteiger partial charge in [0.1, 0.15) is 5.01 Å². The maximum Gasteiger partial charge on any atom is 0.257 e. The maximum atomic E-state index is 12.7. The minimum absolute atomic E-state index is 0.112. The topological polar surface area (TPSA) is 92.3 Å². The zero-order valence-electron chi connectivity index (χ0n) is 15.4. The van der Waals surface area contributed by atoms with Crippen molar-refractivity contribution >= 4 is 32.4 Å². The molecule has 0 atom stereocenters. The molecule has 2 rings (SSSR count). The van der Waals surface area contributed by atoms with Gasteiger partial charge in [-0.05, 0) is 31.0 Å². The molecule has 0 fully saturated rings. The summed E-state index contributed by atoms with van der Waals surface area (Å²) in [6, 6.07) is 4.60. The van der Waals surface area contributed by atoms with E-state index in [2.05, 4.69) is 15.5 Å². The van der Waals surface area contributed by atoms with Gasteiger partial charge < -0.3 is 0 Å². The number of hydrogen-bond acceptors (Lipinski definition) is 6. The molecule has 0 aliphatic heterocycles. The van der Waals surface area contributed by atoms with E-state index in [0.29, 0.717) is 29.3 Å². The quantitative estimate of drug-likeness (QED) is 0.740. The van der Waals surface area contributed by atoms with E-state index in [1.165, 1.54) is 27.8 Å². The van der Waals surface area contributed by atoms with Gasteiger partial charge in [0.05, 0.1) is 4.90 Å². The summed E-state index contributed by atoms with van der Waals surface area (Å²) in [6.45, 7) is 8.13. The number of hydrogen-bond donors (Lipinski definition) is 1. The summed E-state index contributed by atoms with van der Waals surface area (Å²) in [5.74, 6) is -0.390. The Morgan fingerprint density at radius 2 is 1.88 bits per heavy atom. The van der Waals surface area contributed by atoms with Crippen LogP contribution in [0.25, 0.3) is 0 Å². The Morgan fingerprint density at radius 1 is 1.19 bits per heavy atom. The first-order valence-corrected chi connectivity index (χ1v) is 10.8. The molecule has 0 aliphatic rings. The van der Waals surface area contributed by atoms with E-state index in [-0.39, 0.29) is 4.90 Å². The van der Waals surface area contributed by atoms with Crippen LogP contribution in [0.2, 0.25) is 0 Å². The Kier molecular flexibility index (Phi) is 6.85. The first kappa shape index (κ1) is 20.5. The summed E-state index contributed by atoms with van der Waals surface area (Å²) in [5, 5.41) is 12.0. The lowest BCUT2D eigenvalue weighted by Crippen LogP contribution is -2.30. The third-order valence-electron chi connectivity index (χ3n) is 3.95. The molecule has 0 radical (unpaired) electrons. The summed E-state index contributed by atoms with van der Waals surface area (Å²) < 4.78 is 26.7. The van der Waals surface area contributed by atoms with E-state index < -0.39 is 15.9 Å². The van der Waals surface area contributed by atoms with Crippen LogP contribution in [0, 0.1) is 6.92 Å². The number of aryl methyl sites for hydroxylation is 2. The van der Waals surface area contributed by atoms with E-state index in [1.54, 1.807) is 26.8 Å². The third kappa shape index (κ3) is 4.46. The minimum atomic E-state index is -3.62. The van der Waals surface area contributed by atoms with E-state index >= 15 is 0 Å². The number of nitrogens with zero attached hydrogens (tertiary/aromatic N) is 3. The van der Waals surface area contributed by atoms with Crippen molar-refractivity contribution in [2.45, 2.75) is 45.4 Å². The molecule has 0 spiro atoms. The first-order chi connectivity index (χ1) is 12.3. The van der Waals surface area contributed by atoms with Crippen LogP contribution in [0.4, 0.5) is 5.13 Å². The summed E-state index contributed by atoms with van der Waals surface area (Å²) in [7, 11) is -3.62. The molecule has 1 N–H and O–H groups in total. The lowest BCUT2D eigenvalue weighted by molar-refractivity contribution is 0.102. The van der Waals surface area contributed by atoms with Crippen molar-refractivity contribution in [1.29, 1.82) is 0 Å². The second-order valence-corrected chi connectivity index (χ2v) is 8.77. The van der Waals surface area contributed by atoms with Crippen molar-refractivity contribution in [3.8, 4) is 0 Å². The van der Waals surface area contributed by atoms with Crippen molar-refractivity contribution in [2.24, 2.45) is 0 Å². The summed E-state index contributed by atoms with van der Waals surface area (Å²) >= 11 is 1.33. The predicted octanol–water partition coefficient (Wildman–Crippen LogP) is 3.08. The maximum absolute atomic E-state index is 12.7. The lowest BCUT2D eigenvalue weighted by Gasteiger charge is -2.19. The molecule has 1 heterocycles. The van der Waals surface area contributed by atoms with Crippen LogP contribution in [0.5, 0.6) is 0 Å². The van der Waals surface area contributed by atoms with Gasteiger partial charge in [-0.3, -0.25) is 10.1 Å². The van der Waals surface area contributed by atoms with Gasteiger partial charge in [-0.2, -0.15) is 4.31 Å². The average molecular weight is 397 g/mol. The highest BCUT2D eigenvalue weighted by Gasteiger charge is 2.23. The van der Waals surface area contributed by atoms with Crippen LogP contribution < -0.4 is 5.32 Å². The Hall–Kier alpha value is -1.84. The van der Waals surface area contributed by atoms with Crippen molar-refractivity contribution in [1.82, 2.24) is 14.5 Å². The van der Waals surface area contributed by atoms with Crippen molar-refractivity contribution in [3.63, 3.8) is 0 Å². The van der Waals surface area contributed by atoms with Gasteiger partial charge in [0.2, 0.25) is 15.2 Å². The molecule has 0 aliphatic carbocycles. The van der Waals surface area contributed by atoms with Gasteiger partial charge in [0, 0.05) is 25.1 Å². The smallest absolute Gasteiger partial charge is 0.257 e. The fraction of sp³-hybridized carbons (Fsp3) is 0.471. The molecule has 2 aromatic rings. The van der Waals surface area contributed by atoms with Crippen LogP contribution in [-0.2, 0) is 16.4 Å². The number of amides is 1. The number of benzene rings is 1. The first-order valence-electron chi connectivity index (χ1n) is 8.57. The SMILES string of the molecule is CCCc1nnc(NC(=O)c2cc(S(=O)(=O)N(CC)CC)ccc2C)s1. The van der Waals surface area contributed by atoms with E-state index in [1.807, 2.05) is 6.92 Å². The van der Waals surface area contributed by atoms with E-state index in [9.17, 15) is 13.2 Å². The fourth-order valence-electron chi connectivity index (χ4n) is 2.50.